The van der Waals surface area contributed by atoms with E-state index < -0.39 is 0 Å². The first kappa shape index (κ1) is 19.2. The van der Waals surface area contributed by atoms with Gasteiger partial charge in [0.15, 0.2) is 0 Å². The van der Waals surface area contributed by atoms with Gasteiger partial charge in [-0.3, -0.25) is 0 Å². The highest BCUT2D eigenvalue weighted by molar-refractivity contribution is 4.97. The third-order valence-electron chi connectivity index (χ3n) is 5.97. The second-order valence-corrected chi connectivity index (χ2v) is 8.61. The van der Waals surface area contributed by atoms with Gasteiger partial charge in [-0.15, -0.1) is 0 Å². The van der Waals surface area contributed by atoms with E-state index in [2.05, 4.69) is 35.6 Å². The van der Waals surface area contributed by atoms with Gasteiger partial charge < -0.3 is 14.7 Å². The van der Waals surface area contributed by atoms with Gasteiger partial charge in [0.25, 0.3) is 0 Å². The Morgan fingerprint density at radius 3 is 1.96 bits per heavy atom. The van der Waals surface area contributed by atoms with E-state index in [1.807, 2.05) is 13.8 Å². The van der Waals surface area contributed by atoms with Crippen molar-refractivity contribution in [3.8, 4) is 0 Å². The van der Waals surface area contributed by atoms with Gasteiger partial charge in [-0.1, -0.05) is 27.7 Å². The molecule has 1 spiro atoms. The molecule has 3 aliphatic rings. The normalized spacial score (nSPS) is 26.9. The number of hydrogen-bond donors (Lipinski definition) is 0. The van der Waals surface area contributed by atoms with E-state index in [1.54, 1.807) is 0 Å². The van der Waals surface area contributed by atoms with Crippen LogP contribution in [-0.2, 0) is 0 Å². The lowest BCUT2D eigenvalue weighted by atomic mass is 9.72. The van der Waals surface area contributed by atoms with Crippen LogP contribution in [0.3, 0.4) is 0 Å². The van der Waals surface area contributed by atoms with Crippen molar-refractivity contribution in [2.24, 2.45) is 17.3 Å². The first-order valence-electron chi connectivity index (χ1n) is 10.2. The van der Waals surface area contributed by atoms with Crippen LogP contribution in [0.4, 0.5) is 0 Å². The van der Waals surface area contributed by atoms with Crippen LogP contribution in [0.5, 0.6) is 0 Å². The van der Waals surface area contributed by atoms with Crippen molar-refractivity contribution in [1.82, 2.24) is 14.7 Å². The molecule has 3 saturated heterocycles. The molecule has 0 bridgehead atoms. The highest BCUT2D eigenvalue weighted by Gasteiger charge is 2.43. The molecule has 0 aliphatic carbocycles. The smallest absolute Gasteiger partial charge is 0.00484 e. The minimum absolute atomic E-state index is 0.714. The van der Waals surface area contributed by atoms with Crippen molar-refractivity contribution < 1.29 is 0 Å². The molecule has 0 aromatic rings. The molecule has 3 aliphatic heterocycles. The lowest BCUT2D eigenvalue weighted by Crippen LogP contribution is -2.59. The fraction of sp³-hybridized carbons (Fsp3) is 1.00. The Labute approximate surface area is 145 Å². The molecule has 136 valence electrons. The number of likely N-dealkylation sites (tertiary alicyclic amines) is 3. The van der Waals surface area contributed by atoms with Crippen molar-refractivity contribution >= 4 is 0 Å². The van der Waals surface area contributed by atoms with E-state index in [1.165, 1.54) is 78.0 Å². The van der Waals surface area contributed by atoms with Gasteiger partial charge >= 0.3 is 0 Å². The maximum atomic E-state index is 2.77. The van der Waals surface area contributed by atoms with E-state index in [-0.39, 0.29) is 0 Å². The third kappa shape index (κ3) is 5.44. The van der Waals surface area contributed by atoms with Crippen LogP contribution in [0, 0.1) is 17.3 Å². The van der Waals surface area contributed by atoms with Gasteiger partial charge in [0, 0.05) is 26.2 Å². The topological polar surface area (TPSA) is 9.72 Å². The molecular formula is C20H41N3. The number of piperidine rings is 2. The molecule has 23 heavy (non-hydrogen) atoms. The zero-order chi connectivity index (χ0) is 16.9. The molecule has 3 nitrogen and oxygen atoms in total. The average Bonchev–Trinajstić information content (AvgIpc) is 2.52. The second-order valence-electron chi connectivity index (χ2n) is 8.61. The zero-order valence-corrected chi connectivity index (χ0v) is 16.5. The Balaban J connectivity index is 0.000000924. The van der Waals surface area contributed by atoms with Crippen molar-refractivity contribution in [2.45, 2.75) is 53.4 Å². The van der Waals surface area contributed by atoms with E-state index in [0.29, 0.717) is 5.41 Å². The largest absolute Gasteiger partial charge is 0.305 e. The van der Waals surface area contributed by atoms with Gasteiger partial charge in [-0.05, 0) is 76.2 Å². The minimum atomic E-state index is 0.714. The molecule has 0 atom stereocenters. The summed E-state index contributed by atoms with van der Waals surface area (Å²) in [6.07, 6.45) is 5.75. The predicted molar refractivity (Wildman–Crippen MR) is 101 cm³/mol. The van der Waals surface area contributed by atoms with Crippen LogP contribution < -0.4 is 0 Å². The summed E-state index contributed by atoms with van der Waals surface area (Å²) in [5.74, 6) is 1.78. The maximum absolute atomic E-state index is 2.77. The fourth-order valence-electron chi connectivity index (χ4n) is 4.86. The Hall–Kier alpha value is -0.120. The Morgan fingerprint density at radius 1 is 0.913 bits per heavy atom. The zero-order valence-electron chi connectivity index (χ0n) is 16.5. The summed E-state index contributed by atoms with van der Waals surface area (Å²) in [4.78, 5) is 7.93. The van der Waals surface area contributed by atoms with Gasteiger partial charge in [-0.25, -0.2) is 0 Å². The summed E-state index contributed by atoms with van der Waals surface area (Å²) in [6.45, 7) is 19.5. The molecule has 0 amide bonds. The van der Waals surface area contributed by atoms with E-state index in [0.717, 1.165) is 11.8 Å². The Kier molecular flexibility index (Phi) is 7.37. The second kappa shape index (κ2) is 8.82. The molecule has 3 fully saturated rings. The van der Waals surface area contributed by atoms with Crippen molar-refractivity contribution in [2.75, 3.05) is 59.4 Å². The Morgan fingerprint density at radius 2 is 1.48 bits per heavy atom. The molecule has 0 aromatic heterocycles. The van der Waals surface area contributed by atoms with Crippen LogP contribution in [0.25, 0.3) is 0 Å². The Bertz CT molecular complexity index is 318. The molecule has 0 aromatic carbocycles. The quantitative estimate of drug-likeness (QED) is 0.785. The first-order valence-corrected chi connectivity index (χ1v) is 10.2. The summed E-state index contributed by atoms with van der Waals surface area (Å²) < 4.78 is 0. The van der Waals surface area contributed by atoms with E-state index in [9.17, 15) is 0 Å². The standard InChI is InChI=1S/C18H35N3.C2H6/c1-16(2)12-20-8-4-17(5-9-20)13-21-10-6-18(7-11-21)14-19(3)15-18;1-2/h16-17H,4-15H2,1-3H3;1-2H3. The summed E-state index contributed by atoms with van der Waals surface area (Å²) >= 11 is 0. The SMILES string of the molecule is CC.CC(C)CN1CCC(CN2CCC3(CC2)CN(C)C3)CC1. The first-order chi connectivity index (χ1) is 11.0. The maximum Gasteiger partial charge on any atom is 0.00484 e. The molecule has 0 unspecified atom stereocenters. The van der Waals surface area contributed by atoms with Crippen LogP contribution >= 0.6 is 0 Å². The van der Waals surface area contributed by atoms with Crippen molar-refractivity contribution in [3.63, 3.8) is 0 Å². The number of hydrogen-bond acceptors (Lipinski definition) is 3. The summed E-state index contributed by atoms with van der Waals surface area (Å²) in [7, 11) is 2.27. The van der Waals surface area contributed by atoms with Gasteiger partial charge in [0.1, 0.15) is 0 Å². The summed E-state index contributed by atoms with van der Waals surface area (Å²) in [5, 5.41) is 0. The van der Waals surface area contributed by atoms with Crippen molar-refractivity contribution in [3.05, 3.63) is 0 Å². The van der Waals surface area contributed by atoms with E-state index >= 15 is 0 Å². The lowest BCUT2D eigenvalue weighted by Gasteiger charge is -2.53. The lowest BCUT2D eigenvalue weighted by molar-refractivity contribution is -0.0354. The third-order valence-corrected chi connectivity index (χ3v) is 5.97. The molecule has 0 N–H and O–H groups in total. The monoisotopic (exact) mass is 323 g/mol. The highest BCUT2D eigenvalue weighted by atomic mass is 15.2. The van der Waals surface area contributed by atoms with Gasteiger partial charge in [-0.2, -0.15) is 0 Å². The molecule has 3 heteroatoms. The van der Waals surface area contributed by atoms with E-state index in [4.69, 9.17) is 0 Å². The van der Waals surface area contributed by atoms with Crippen LogP contribution in [0.2, 0.25) is 0 Å². The number of rotatable bonds is 4. The fourth-order valence-corrected chi connectivity index (χ4v) is 4.86. The molecule has 0 saturated carbocycles. The van der Waals surface area contributed by atoms with Crippen molar-refractivity contribution in [1.29, 1.82) is 0 Å². The van der Waals surface area contributed by atoms with Crippen LogP contribution in [0.15, 0.2) is 0 Å². The minimum Gasteiger partial charge on any atom is -0.305 e. The number of nitrogens with zero attached hydrogens (tertiary/aromatic N) is 3. The molecule has 3 rings (SSSR count). The highest BCUT2D eigenvalue weighted by Crippen LogP contribution is 2.39. The van der Waals surface area contributed by atoms with Crippen LogP contribution in [0.1, 0.15) is 53.4 Å². The molecule has 0 radical (unpaired) electrons. The average molecular weight is 324 g/mol. The molecule has 3 heterocycles. The predicted octanol–water partition coefficient (Wildman–Crippen LogP) is 3.41. The summed E-state index contributed by atoms with van der Waals surface area (Å²) in [6, 6.07) is 0. The molecular weight excluding hydrogens is 282 g/mol. The van der Waals surface area contributed by atoms with Gasteiger partial charge in [0.05, 0.1) is 0 Å². The van der Waals surface area contributed by atoms with Gasteiger partial charge in [0.2, 0.25) is 0 Å². The summed E-state index contributed by atoms with van der Waals surface area (Å²) in [5.41, 5.74) is 0.714. The van der Waals surface area contributed by atoms with Crippen LogP contribution in [-0.4, -0.2) is 74.1 Å².